The molecule has 0 fully saturated rings. The molecule has 1 aliphatic rings. The van der Waals surface area contributed by atoms with E-state index in [0.717, 1.165) is 53.9 Å². The summed E-state index contributed by atoms with van der Waals surface area (Å²) in [5, 5.41) is 22.4. The minimum Gasteiger partial charge on any atom is -0.486 e. The van der Waals surface area contributed by atoms with Gasteiger partial charge in [0.15, 0.2) is 11.0 Å². The maximum Gasteiger partial charge on any atom is 0.235 e. The van der Waals surface area contributed by atoms with Gasteiger partial charge in [-0.15, -0.1) is 21.5 Å². The molecule has 7 nitrogen and oxygen atoms in total. The van der Waals surface area contributed by atoms with Crippen LogP contribution >= 0.6 is 23.1 Å². The van der Waals surface area contributed by atoms with Gasteiger partial charge in [-0.05, 0) is 75.3 Å². The summed E-state index contributed by atoms with van der Waals surface area (Å²) in [6.45, 7) is 7.09. The van der Waals surface area contributed by atoms with E-state index >= 15 is 0 Å². The van der Waals surface area contributed by atoms with Gasteiger partial charge in [-0.25, -0.2) is 0 Å². The third-order valence-corrected chi connectivity index (χ3v) is 7.72. The maximum atomic E-state index is 12.6. The number of aryl methyl sites for hydroxylation is 3. The minimum absolute atomic E-state index is 0.145. The van der Waals surface area contributed by atoms with Crippen molar-refractivity contribution in [2.24, 2.45) is 0 Å². The first-order valence-electron chi connectivity index (χ1n) is 11.1. The molecule has 33 heavy (non-hydrogen) atoms. The molecule has 1 amide bonds. The van der Waals surface area contributed by atoms with Crippen molar-refractivity contribution in [3.05, 3.63) is 51.2 Å². The third kappa shape index (κ3) is 5.40. The lowest BCUT2D eigenvalue weighted by atomic mass is 9.96. The second-order valence-electron chi connectivity index (χ2n) is 8.12. The number of thioether (sulfide) groups is 1. The first-order valence-corrected chi connectivity index (χ1v) is 12.9. The highest BCUT2D eigenvalue weighted by molar-refractivity contribution is 7.99. The molecule has 3 aromatic rings. The summed E-state index contributed by atoms with van der Waals surface area (Å²) in [5.74, 6) is 1.58. The lowest BCUT2D eigenvalue weighted by Crippen LogP contribution is -2.15. The number of anilines is 1. The highest BCUT2D eigenvalue weighted by atomic mass is 32.2. The summed E-state index contributed by atoms with van der Waals surface area (Å²) in [7, 11) is 0. The molecule has 0 atom stereocenters. The van der Waals surface area contributed by atoms with E-state index in [-0.39, 0.29) is 11.7 Å². The van der Waals surface area contributed by atoms with E-state index in [1.165, 1.54) is 16.6 Å². The van der Waals surface area contributed by atoms with Gasteiger partial charge in [0.1, 0.15) is 23.4 Å². The summed E-state index contributed by atoms with van der Waals surface area (Å²) in [6, 6.07) is 8.39. The Morgan fingerprint density at radius 2 is 2.00 bits per heavy atom. The Kier molecular flexibility index (Phi) is 7.36. The number of benzene rings is 1. The number of carbonyl (C=O) groups is 1. The third-order valence-electron chi connectivity index (χ3n) is 5.54. The lowest BCUT2D eigenvalue weighted by Gasteiger charge is -2.10. The molecular weight excluding hydrogens is 454 g/mol. The number of nitrogens with one attached hydrogen (secondary N) is 1. The molecule has 0 bridgehead atoms. The average Bonchev–Trinajstić information content (AvgIpc) is 3.35. The summed E-state index contributed by atoms with van der Waals surface area (Å²) >= 11 is 2.88. The van der Waals surface area contributed by atoms with Gasteiger partial charge >= 0.3 is 0 Å². The fourth-order valence-corrected chi connectivity index (χ4v) is 6.16. The molecule has 0 saturated carbocycles. The number of ether oxygens (including phenoxy) is 1. The van der Waals surface area contributed by atoms with Gasteiger partial charge in [0.25, 0.3) is 0 Å². The Labute approximate surface area is 202 Å². The fourth-order valence-electron chi connectivity index (χ4n) is 4.08. The number of hydrogen-bond acceptors (Lipinski definition) is 7. The van der Waals surface area contributed by atoms with E-state index in [4.69, 9.17) is 4.74 Å². The van der Waals surface area contributed by atoms with Crippen LogP contribution in [0.25, 0.3) is 0 Å². The predicted molar refractivity (Wildman–Crippen MR) is 131 cm³/mol. The van der Waals surface area contributed by atoms with Crippen LogP contribution in [0.4, 0.5) is 5.00 Å². The molecule has 0 radical (unpaired) electrons. The summed E-state index contributed by atoms with van der Waals surface area (Å²) in [5.41, 5.74) is 4.05. The highest BCUT2D eigenvalue weighted by Crippen LogP contribution is 2.37. The highest BCUT2D eigenvalue weighted by Gasteiger charge is 2.22. The zero-order chi connectivity index (χ0) is 23.4. The number of rotatable bonds is 8. The molecule has 9 heteroatoms. The predicted octanol–water partition coefficient (Wildman–Crippen LogP) is 5.04. The van der Waals surface area contributed by atoms with Crippen LogP contribution in [0.2, 0.25) is 0 Å². The quantitative estimate of drug-likeness (QED) is 0.453. The number of fused-ring (bicyclic) bond motifs is 1. The molecule has 0 saturated heterocycles. The van der Waals surface area contributed by atoms with Crippen molar-refractivity contribution in [2.45, 2.75) is 64.8 Å². The zero-order valence-electron chi connectivity index (χ0n) is 19.1. The molecule has 4 rings (SSSR count). The molecule has 2 aromatic heterocycles. The van der Waals surface area contributed by atoms with Crippen molar-refractivity contribution in [3.63, 3.8) is 0 Å². The van der Waals surface area contributed by atoms with Crippen LogP contribution in [0.15, 0.2) is 23.4 Å². The van der Waals surface area contributed by atoms with Gasteiger partial charge in [-0.2, -0.15) is 5.26 Å². The van der Waals surface area contributed by atoms with E-state index in [2.05, 4.69) is 27.6 Å². The Bertz CT molecular complexity index is 1190. The number of carbonyl (C=O) groups excluding carboxylic acids is 1. The zero-order valence-corrected chi connectivity index (χ0v) is 20.7. The second kappa shape index (κ2) is 10.4. The molecule has 172 valence electrons. The van der Waals surface area contributed by atoms with Gasteiger partial charge in [0.05, 0.1) is 11.3 Å². The SMILES string of the molecule is CCn1c(COc2cc(C)cc(C)c2)nnc1SCC(=O)Nc1sc2c(c1C#N)CCCC2. The molecule has 1 aromatic carbocycles. The van der Waals surface area contributed by atoms with Crippen molar-refractivity contribution < 1.29 is 9.53 Å². The second-order valence-corrected chi connectivity index (χ2v) is 10.2. The molecule has 2 heterocycles. The van der Waals surface area contributed by atoms with Crippen molar-refractivity contribution in [3.8, 4) is 11.8 Å². The van der Waals surface area contributed by atoms with E-state index in [1.54, 1.807) is 11.3 Å². The Balaban J connectivity index is 1.38. The number of aromatic nitrogens is 3. The smallest absolute Gasteiger partial charge is 0.235 e. The Morgan fingerprint density at radius 1 is 1.24 bits per heavy atom. The van der Waals surface area contributed by atoms with Crippen LogP contribution in [0.1, 0.15) is 52.7 Å². The van der Waals surface area contributed by atoms with Crippen molar-refractivity contribution >= 4 is 34.0 Å². The van der Waals surface area contributed by atoms with E-state index in [1.807, 2.05) is 37.5 Å². The topological polar surface area (TPSA) is 92.8 Å². The van der Waals surface area contributed by atoms with Crippen molar-refractivity contribution in [1.29, 1.82) is 5.26 Å². The van der Waals surface area contributed by atoms with Gasteiger partial charge in [0.2, 0.25) is 5.91 Å². The summed E-state index contributed by atoms with van der Waals surface area (Å²) in [6.07, 6.45) is 4.16. The largest absolute Gasteiger partial charge is 0.486 e. The Morgan fingerprint density at radius 3 is 2.73 bits per heavy atom. The molecule has 1 aliphatic carbocycles. The van der Waals surface area contributed by atoms with Gasteiger partial charge in [-0.3, -0.25) is 4.79 Å². The Hall–Kier alpha value is -2.83. The van der Waals surface area contributed by atoms with Crippen LogP contribution in [0, 0.1) is 25.2 Å². The molecular formula is C24H27N5O2S2. The van der Waals surface area contributed by atoms with Crippen LogP contribution in [0.3, 0.4) is 0 Å². The van der Waals surface area contributed by atoms with Gasteiger partial charge < -0.3 is 14.6 Å². The molecule has 1 N–H and O–H groups in total. The average molecular weight is 482 g/mol. The van der Waals surface area contributed by atoms with Crippen LogP contribution in [-0.2, 0) is 30.8 Å². The summed E-state index contributed by atoms with van der Waals surface area (Å²) < 4.78 is 7.90. The standard InChI is InChI=1S/C24H27N5O2S2/c1-4-29-21(13-31-17-10-15(2)9-16(3)11-17)27-28-24(29)32-14-22(30)26-23-19(12-25)18-7-5-6-8-20(18)33-23/h9-11H,4-8,13-14H2,1-3H3,(H,26,30). The lowest BCUT2D eigenvalue weighted by molar-refractivity contribution is -0.113. The summed E-state index contributed by atoms with van der Waals surface area (Å²) in [4.78, 5) is 13.9. The van der Waals surface area contributed by atoms with Crippen molar-refractivity contribution in [2.75, 3.05) is 11.1 Å². The van der Waals surface area contributed by atoms with E-state index in [0.29, 0.717) is 28.9 Å². The number of hydrogen-bond donors (Lipinski definition) is 1. The first kappa shape index (κ1) is 23.3. The van der Waals surface area contributed by atoms with Gasteiger partial charge in [-0.1, -0.05) is 17.8 Å². The maximum absolute atomic E-state index is 12.6. The van der Waals surface area contributed by atoms with Crippen molar-refractivity contribution in [1.82, 2.24) is 14.8 Å². The van der Waals surface area contributed by atoms with Crippen LogP contribution in [0.5, 0.6) is 5.75 Å². The fraction of sp³-hybridized carbons (Fsp3) is 0.417. The van der Waals surface area contributed by atoms with Gasteiger partial charge in [0, 0.05) is 11.4 Å². The van der Waals surface area contributed by atoms with E-state index in [9.17, 15) is 10.1 Å². The van der Waals surface area contributed by atoms with Crippen LogP contribution < -0.4 is 10.1 Å². The number of thiophene rings is 1. The number of nitriles is 1. The minimum atomic E-state index is -0.145. The molecule has 0 aliphatic heterocycles. The van der Waals surface area contributed by atoms with Crippen LogP contribution in [-0.4, -0.2) is 26.4 Å². The number of nitrogens with zero attached hydrogens (tertiary/aromatic N) is 4. The van der Waals surface area contributed by atoms with E-state index < -0.39 is 0 Å². The first-order chi connectivity index (χ1) is 16.0. The molecule has 0 spiro atoms. The molecule has 0 unspecified atom stereocenters. The monoisotopic (exact) mass is 481 g/mol. The normalized spacial score (nSPS) is 12.8. The number of amides is 1.